The van der Waals surface area contributed by atoms with E-state index in [-0.39, 0.29) is 6.61 Å². The van der Waals surface area contributed by atoms with E-state index in [1.54, 1.807) is 18.5 Å². The minimum atomic E-state index is -1.27. The summed E-state index contributed by atoms with van der Waals surface area (Å²) in [7, 11) is 0. The zero-order chi connectivity index (χ0) is 22.0. The maximum atomic E-state index is 11.6. The van der Waals surface area contributed by atoms with Crippen LogP contribution in [0.25, 0.3) is 16.9 Å². The van der Waals surface area contributed by atoms with Crippen LogP contribution in [-0.2, 0) is 16.1 Å². The van der Waals surface area contributed by atoms with Gasteiger partial charge in [0.05, 0.1) is 34.8 Å². The molecule has 2 aromatic carbocycles. The molecule has 1 aromatic heterocycles. The van der Waals surface area contributed by atoms with Gasteiger partial charge >= 0.3 is 5.97 Å². The van der Waals surface area contributed by atoms with Crippen molar-refractivity contribution in [3.63, 3.8) is 0 Å². The number of aliphatic carboxylic acids is 1. The molecule has 1 unspecified atom stereocenters. The highest BCUT2D eigenvalue weighted by atomic mass is 35.5. The lowest BCUT2D eigenvalue weighted by atomic mass is 10.0. The Bertz CT molecular complexity index is 1090. The van der Waals surface area contributed by atoms with E-state index in [9.17, 15) is 9.90 Å². The number of para-hydroxylation sites is 1. The van der Waals surface area contributed by atoms with Crippen molar-refractivity contribution in [3.8, 4) is 22.7 Å². The van der Waals surface area contributed by atoms with Gasteiger partial charge in [-0.05, 0) is 56.5 Å². The highest BCUT2D eigenvalue weighted by molar-refractivity contribution is 6.32. The van der Waals surface area contributed by atoms with Crippen molar-refractivity contribution >= 4 is 17.6 Å². The summed E-state index contributed by atoms with van der Waals surface area (Å²) in [5, 5.41) is 14.7. The SMILES string of the molecule is CCC(C)(OCc1cc(-c2cccc(OC3CC3)c2)n(-c2ccccc2Cl)n1)C(=O)O. The number of aromatic nitrogens is 2. The first-order valence-corrected chi connectivity index (χ1v) is 10.8. The van der Waals surface area contributed by atoms with Crippen molar-refractivity contribution in [1.29, 1.82) is 0 Å². The van der Waals surface area contributed by atoms with Gasteiger partial charge in [0.1, 0.15) is 5.75 Å². The second-order valence-electron chi connectivity index (χ2n) is 7.91. The molecule has 3 aromatic rings. The first-order valence-electron chi connectivity index (χ1n) is 10.4. The summed E-state index contributed by atoms with van der Waals surface area (Å²) in [4.78, 5) is 11.6. The molecule has 0 spiro atoms. The number of carboxylic acids is 1. The third-order valence-corrected chi connectivity index (χ3v) is 5.78. The zero-order valence-corrected chi connectivity index (χ0v) is 18.3. The Kier molecular flexibility index (Phi) is 6.03. The topological polar surface area (TPSA) is 73.6 Å². The van der Waals surface area contributed by atoms with E-state index in [0.29, 0.717) is 23.2 Å². The van der Waals surface area contributed by atoms with Gasteiger partial charge in [0.2, 0.25) is 0 Å². The number of carbonyl (C=O) groups is 1. The third kappa shape index (κ3) is 4.75. The molecule has 1 saturated carbocycles. The third-order valence-electron chi connectivity index (χ3n) is 5.46. The van der Waals surface area contributed by atoms with E-state index < -0.39 is 11.6 Å². The Morgan fingerprint density at radius 2 is 2.00 bits per heavy atom. The van der Waals surface area contributed by atoms with E-state index >= 15 is 0 Å². The number of carboxylic acid groups (broad SMARTS) is 1. The van der Waals surface area contributed by atoms with Gasteiger partial charge in [-0.15, -0.1) is 0 Å². The lowest BCUT2D eigenvalue weighted by molar-refractivity contribution is -0.165. The van der Waals surface area contributed by atoms with Crippen molar-refractivity contribution in [2.45, 2.75) is 51.4 Å². The maximum absolute atomic E-state index is 11.6. The fourth-order valence-electron chi connectivity index (χ4n) is 3.17. The highest BCUT2D eigenvalue weighted by Crippen LogP contribution is 2.33. The summed E-state index contributed by atoms with van der Waals surface area (Å²) in [6.45, 7) is 3.42. The van der Waals surface area contributed by atoms with Gasteiger partial charge in [-0.1, -0.05) is 42.8 Å². The number of hydrogen-bond acceptors (Lipinski definition) is 4. The normalized spacial score (nSPS) is 15.5. The van der Waals surface area contributed by atoms with E-state index in [4.69, 9.17) is 26.2 Å². The standard InChI is InChI=1S/C24H25ClN2O4/c1-3-24(2,23(28)29)30-15-17-14-22(27(26-17)21-10-5-4-9-20(21)25)16-7-6-8-19(13-16)31-18-11-12-18/h4-10,13-14,18H,3,11-12,15H2,1-2H3,(H,28,29). The average Bonchev–Trinajstić information content (AvgIpc) is 3.48. The number of benzene rings is 2. The van der Waals surface area contributed by atoms with Gasteiger partial charge in [0.25, 0.3) is 0 Å². The fraction of sp³-hybridized carbons (Fsp3) is 0.333. The number of nitrogens with zero attached hydrogens (tertiary/aromatic N) is 2. The molecule has 7 heteroatoms. The van der Waals surface area contributed by atoms with Crippen LogP contribution < -0.4 is 4.74 Å². The first kappa shape index (κ1) is 21.4. The molecule has 6 nitrogen and oxygen atoms in total. The molecule has 4 rings (SSSR count). The molecule has 31 heavy (non-hydrogen) atoms. The van der Waals surface area contributed by atoms with E-state index in [2.05, 4.69) is 0 Å². The Morgan fingerprint density at radius 1 is 1.23 bits per heavy atom. The lowest BCUT2D eigenvalue weighted by Gasteiger charge is -2.22. The minimum Gasteiger partial charge on any atom is -0.490 e. The van der Waals surface area contributed by atoms with Crippen molar-refractivity contribution in [2.24, 2.45) is 0 Å². The molecule has 0 radical (unpaired) electrons. The molecule has 0 aliphatic heterocycles. The van der Waals surface area contributed by atoms with Crippen molar-refractivity contribution in [1.82, 2.24) is 9.78 Å². The molecule has 1 aliphatic carbocycles. The molecule has 0 bridgehead atoms. The molecule has 1 atom stereocenters. The maximum Gasteiger partial charge on any atom is 0.335 e. The Morgan fingerprint density at radius 3 is 2.68 bits per heavy atom. The van der Waals surface area contributed by atoms with Crippen LogP contribution >= 0.6 is 11.6 Å². The fourth-order valence-corrected chi connectivity index (χ4v) is 3.38. The average molecular weight is 441 g/mol. The van der Waals surface area contributed by atoms with Crippen molar-refractivity contribution in [3.05, 3.63) is 65.3 Å². The Labute approximate surface area is 186 Å². The van der Waals surface area contributed by atoms with Crippen LogP contribution in [0.2, 0.25) is 5.02 Å². The summed E-state index contributed by atoms with van der Waals surface area (Å²) >= 11 is 6.46. The van der Waals surface area contributed by atoms with Crippen LogP contribution in [0, 0.1) is 0 Å². The second kappa shape index (κ2) is 8.73. The highest BCUT2D eigenvalue weighted by Gasteiger charge is 2.32. The van der Waals surface area contributed by atoms with Gasteiger partial charge in [0.15, 0.2) is 5.60 Å². The van der Waals surface area contributed by atoms with Crippen LogP contribution in [-0.4, -0.2) is 32.6 Å². The van der Waals surface area contributed by atoms with Crippen molar-refractivity contribution in [2.75, 3.05) is 0 Å². The van der Waals surface area contributed by atoms with Crippen LogP contribution in [0.4, 0.5) is 0 Å². The summed E-state index contributed by atoms with van der Waals surface area (Å²) < 4.78 is 13.5. The van der Waals surface area contributed by atoms with Gasteiger partial charge in [0, 0.05) is 5.56 Å². The van der Waals surface area contributed by atoms with Crippen molar-refractivity contribution < 1.29 is 19.4 Å². The predicted octanol–water partition coefficient (Wildman–Crippen LogP) is 5.50. The van der Waals surface area contributed by atoms with Gasteiger partial charge < -0.3 is 14.6 Å². The number of rotatable bonds is 9. The van der Waals surface area contributed by atoms with Gasteiger partial charge in [-0.3, -0.25) is 0 Å². The molecule has 1 heterocycles. The number of halogens is 1. The molecule has 0 saturated heterocycles. The van der Waals surface area contributed by atoms with Gasteiger partial charge in [-0.2, -0.15) is 5.10 Å². The predicted molar refractivity (Wildman–Crippen MR) is 119 cm³/mol. The molecule has 0 amide bonds. The Balaban J connectivity index is 1.71. The second-order valence-corrected chi connectivity index (χ2v) is 8.31. The summed E-state index contributed by atoms with van der Waals surface area (Å²) in [5.41, 5.74) is 1.82. The summed E-state index contributed by atoms with van der Waals surface area (Å²) in [6, 6.07) is 17.2. The smallest absolute Gasteiger partial charge is 0.335 e. The molecule has 1 fully saturated rings. The lowest BCUT2D eigenvalue weighted by Crippen LogP contribution is -2.37. The van der Waals surface area contributed by atoms with Crippen LogP contribution in [0.15, 0.2) is 54.6 Å². The summed E-state index contributed by atoms with van der Waals surface area (Å²) in [5.74, 6) is -0.181. The number of ether oxygens (including phenoxy) is 2. The van der Waals surface area contributed by atoms with Crippen LogP contribution in [0.5, 0.6) is 5.75 Å². The Hall–Kier alpha value is -2.83. The zero-order valence-electron chi connectivity index (χ0n) is 17.5. The van der Waals surface area contributed by atoms with Crippen LogP contribution in [0.1, 0.15) is 38.8 Å². The number of hydrogen-bond donors (Lipinski definition) is 1. The largest absolute Gasteiger partial charge is 0.490 e. The summed E-state index contributed by atoms with van der Waals surface area (Å²) in [6.07, 6.45) is 2.82. The van der Waals surface area contributed by atoms with E-state index in [1.165, 1.54) is 0 Å². The monoisotopic (exact) mass is 440 g/mol. The molecular formula is C24H25ClN2O4. The quantitative estimate of drug-likeness (QED) is 0.475. The molecule has 1 aliphatic rings. The molecular weight excluding hydrogens is 416 g/mol. The molecule has 162 valence electrons. The van der Waals surface area contributed by atoms with E-state index in [0.717, 1.165) is 35.5 Å². The molecule has 1 N–H and O–H groups in total. The van der Waals surface area contributed by atoms with Gasteiger partial charge in [-0.25, -0.2) is 9.48 Å². The minimum absolute atomic E-state index is 0.0688. The van der Waals surface area contributed by atoms with E-state index in [1.807, 2.05) is 54.6 Å². The van der Waals surface area contributed by atoms with Crippen LogP contribution in [0.3, 0.4) is 0 Å². The first-order chi connectivity index (χ1) is 14.9.